The first-order chi connectivity index (χ1) is 15.5. The molecule has 0 spiro atoms. The number of guanidine groups is 1. The molecule has 1 aromatic heterocycles. The third-order valence-corrected chi connectivity index (χ3v) is 4.71. The predicted octanol–water partition coefficient (Wildman–Crippen LogP) is 2.75. The Morgan fingerprint density at radius 3 is 2.78 bits per heavy atom. The van der Waals surface area contributed by atoms with Crippen molar-refractivity contribution >= 4 is 22.5 Å². The molecule has 0 fully saturated rings. The van der Waals surface area contributed by atoms with E-state index in [9.17, 15) is 19.6 Å². The molecule has 10 heteroatoms. The fourth-order valence-corrected chi connectivity index (χ4v) is 3.13. The zero-order valence-electron chi connectivity index (χ0n) is 17.7. The molecule has 32 heavy (non-hydrogen) atoms. The number of aliphatic imine (C=N–C) groups is 1. The van der Waals surface area contributed by atoms with Crippen molar-refractivity contribution in [2.75, 3.05) is 26.2 Å². The number of halogens is 1. The lowest BCUT2D eigenvalue weighted by Gasteiger charge is -2.14. The van der Waals surface area contributed by atoms with Crippen LogP contribution < -0.4 is 15.4 Å². The Kier molecular flexibility index (Phi) is 7.98. The van der Waals surface area contributed by atoms with E-state index >= 15 is 0 Å². The number of hydrogen-bond donors (Lipinski definition) is 4. The summed E-state index contributed by atoms with van der Waals surface area (Å²) in [6, 6.07) is 10.3. The Labute approximate surface area is 184 Å². The van der Waals surface area contributed by atoms with Crippen molar-refractivity contribution in [3.63, 3.8) is 0 Å². The standard InChI is InChI=1S/C22H26FN5O4/c1-2-24-22(25-10-9-15-12-26-21-11-16(23)3-8-20(15)21)27-13-18(29)14-32-19-6-4-17(5-7-19)28(30)31/h3-8,11-12,18,26,29H,2,9-10,13-14H2,1H3,(H2,24,25,27). The molecule has 1 atom stereocenters. The number of nitro groups is 1. The first-order valence-electron chi connectivity index (χ1n) is 10.3. The third-order valence-electron chi connectivity index (χ3n) is 4.71. The van der Waals surface area contributed by atoms with Crippen LogP contribution in [0.2, 0.25) is 0 Å². The summed E-state index contributed by atoms with van der Waals surface area (Å²) in [5, 5.41) is 28.1. The second-order valence-electron chi connectivity index (χ2n) is 7.12. The van der Waals surface area contributed by atoms with Crippen molar-refractivity contribution in [1.29, 1.82) is 0 Å². The third kappa shape index (κ3) is 6.42. The zero-order valence-corrected chi connectivity index (χ0v) is 17.7. The molecule has 4 N–H and O–H groups in total. The van der Waals surface area contributed by atoms with Crippen molar-refractivity contribution in [3.05, 3.63) is 70.2 Å². The molecule has 0 saturated carbocycles. The maximum atomic E-state index is 13.3. The molecule has 0 radical (unpaired) electrons. The molecule has 9 nitrogen and oxygen atoms in total. The van der Waals surface area contributed by atoms with Gasteiger partial charge in [-0.15, -0.1) is 0 Å². The Hall–Kier alpha value is -3.66. The summed E-state index contributed by atoms with van der Waals surface area (Å²) in [6.45, 7) is 3.33. The van der Waals surface area contributed by atoms with E-state index in [2.05, 4.69) is 20.6 Å². The normalized spacial score (nSPS) is 12.5. The second kappa shape index (κ2) is 11.1. The fraction of sp³-hybridized carbons (Fsp3) is 0.318. The number of fused-ring (bicyclic) bond motifs is 1. The summed E-state index contributed by atoms with van der Waals surface area (Å²) in [6.07, 6.45) is 1.74. The Morgan fingerprint density at radius 2 is 2.06 bits per heavy atom. The number of benzene rings is 2. The number of non-ortho nitro benzene ring substituents is 1. The van der Waals surface area contributed by atoms with Crippen molar-refractivity contribution in [1.82, 2.24) is 15.6 Å². The van der Waals surface area contributed by atoms with Crippen molar-refractivity contribution < 1.29 is 19.2 Å². The van der Waals surface area contributed by atoms with Crippen LogP contribution in [0.15, 0.2) is 53.7 Å². The summed E-state index contributed by atoms with van der Waals surface area (Å²) in [5.74, 6) is 0.719. The highest BCUT2D eigenvalue weighted by atomic mass is 19.1. The number of nitrogens with zero attached hydrogens (tertiary/aromatic N) is 2. The topological polar surface area (TPSA) is 125 Å². The van der Waals surface area contributed by atoms with Gasteiger partial charge in [-0.3, -0.25) is 15.1 Å². The van der Waals surface area contributed by atoms with Crippen LogP contribution in [0.5, 0.6) is 5.75 Å². The predicted molar refractivity (Wildman–Crippen MR) is 121 cm³/mol. The molecule has 1 heterocycles. The average Bonchev–Trinajstić information content (AvgIpc) is 3.18. The van der Waals surface area contributed by atoms with Gasteiger partial charge in [0.25, 0.3) is 5.69 Å². The molecule has 170 valence electrons. The van der Waals surface area contributed by atoms with Crippen LogP contribution in [0, 0.1) is 15.9 Å². The number of H-pyrrole nitrogens is 1. The SMILES string of the molecule is CCNC(=NCC(O)COc1ccc([N+](=O)[O-])cc1)NCCc1c[nH]c2cc(F)ccc12. The van der Waals surface area contributed by atoms with E-state index in [1.807, 2.05) is 13.1 Å². The van der Waals surface area contributed by atoms with Gasteiger partial charge in [0.15, 0.2) is 5.96 Å². The van der Waals surface area contributed by atoms with Crippen LogP contribution in [0.1, 0.15) is 12.5 Å². The number of hydrogen-bond acceptors (Lipinski definition) is 5. The average molecular weight is 443 g/mol. The number of aromatic amines is 1. The lowest BCUT2D eigenvalue weighted by molar-refractivity contribution is -0.384. The fourth-order valence-electron chi connectivity index (χ4n) is 3.13. The number of aliphatic hydroxyl groups is 1. The lowest BCUT2D eigenvalue weighted by Crippen LogP contribution is -2.39. The van der Waals surface area contributed by atoms with Gasteiger partial charge in [-0.1, -0.05) is 0 Å². The summed E-state index contributed by atoms with van der Waals surface area (Å²) in [5.41, 5.74) is 1.81. The van der Waals surface area contributed by atoms with E-state index in [4.69, 9.17) is 4.74 Å². The number of ether oxygens (including phenoxy) is 1. The van der Waals surface area contributed by atoms with Gasteiger partial charge in [-0.2, -0.15) is 0 Å². The molecular formula is C22H26FN5O4. The highest BCUT2D eigenvalue weighted by Crippen LogP contribution is 2.19. The van der Waals surface area contributed by atoms with Gasteiger partial charge >= 0.3 is 0 Å². The first kappa shape index (κ1) is 23.0. The number of rotatable bonds is 10. The quantitative estimate of drug-likeness (QED) is 0.165. The number of nitrogens with one attached hydrogen (secondary N) is 3. The maximum absolute atomic E-state index is 13.3. The highest BCUT2D eigenvalue weighted by Gasteiger charge is 2.09. The smallest absolute Gasteiger partial charge is 0.269 e. The van der Waals surface area contributed by atoms with E-state index in [1.165, 1.54) is 36.4 Å². The molecule has 0 saturated heterocycles. The maximum Gasteiger partial charge on any atom is 0.269 e. The van der Waals surface area contributed by atoms with Crippen LogP contribution in [-0.4, -0.2) is 53.3 Å². The Bertz CT molecular complexity index is 1070. The van der Waals surface area contributed by atoms with E-state index in [-0.39, 0.29) is 24.7 Å². The van der Waals surface area contributed by atoms with Crippen LogP contribution in [0.3, 0.4) is 0 Å². The Balaban J connectivity index is 1.47. The van der Waals surface area contributed by atoms with Gasteiger partial charge in [0.05, 0.1) is 11.5 Å². The van der Waals surface area contributed by atoms with Crippen LogP contribution >= 0.6 is 0 Å². The van der Waals surface area contributed by atoms with Gasteiger partial charge in [0, 0.05) is 42.3 Å². The first-order valence-corrected chi connectivity index (χ1v) is 10.3. The monoisotopic (exact) mass is 443 g/mol. The van der Waals surface area contributed by atoms with Crippen molar-refractivity contribution in [2.45, 2.75) is 19.4 Å². The minimum atomic E-state index is -0.843. The van der Waals surface area contributed by atoms with Crippen molar-refractivity contribution in [3.8, 4) is 5.75 Å². The molecule has 2 aromatic carbocycles. The van der Waals surface area contributed by atoms with E-state index in [0.717, 1.165) is 16.5 Å². The van der Waals surface area contributed by atoms with Gasteiger partial charge in [-0.25, -0.2) is 4.39 Å². The van der Waals surface area contributed by atoms with Crippen LogP contribution in [-0.2, 0) is 6.42 Å². The number of aliphatic hydroxyl groups excluding tert-OH is 1. The van der Waals surface area contributed by atoms with Crippen molar-refractivity contribution in [2.24, 2.45) is 4.99 Å². The van der Waals surface area contributed by atoms with Gasteiger partial charge in [0.2, 0.25) is 0 Å². The zero-order chi connectivity index (χ0) is 22.9. The van der Waals surface area contributed by atoms with Crippen LogP contribution in [0.25, 0.3) is 10.9 Å². The molecule has 1 unspecified atom stereocenters. The summed E-state index contributed by atoms with van der Waals surface area (Å²) in [4.78, 5) is 17.6. The molecule has 0 aliphatic rings. The lowest BCUT2D eigenvalue weighted by atomic mass is 10.1. The van der Waals surface area contributed by atoms with E-state index in [1.54, 1.807) is 6.07 Å². The molecule has 0 amide bonds. The van der Waals surface area contributed by atoms with Crippen LogP contribution in [0.4, 0.5) is 10.1 Å². The van der Waals surface area contributed by atoms with Gasteiger partial charge < -0.3 is 25.5 Å². The summed E-state index contributed by atoms with van der Waals surface area (Å²) in [7, 11) is 0. The highest BCUT2D eigenvalue weighted by molar-refractivity contribution is 5.83. The summed E-state index contributed by atoms with van der Waals surface area (Å²) >= 11 is 0. The number of nitro benzene ring substituents is 1. The molecule has 3 rings (SSSR count). The number of aromatic nitrogens is 1. The minimum Gasteiger partial charge on any atom is -0.491 e. The molecule has 3 aromatic rings. The van der Waals surface area contributed by atoms with E-state index < -0.39 is 11.0 Å². The molecule has 0 bridgehead atoms. The molecular weight excluding hydrogens is 417 g/mol. The van der Waals surface area contributed by atoms with E-state index in [0.29, 0.717) is 31.2 Å². The molecule has 0 aliphatic heterocycles. The minimum absolute atomic E-state index is 0.00656. The Morgan fingerprint density at radius 1 is 1.28 bits per heavy atom. The van der Waals surface area contributed by atoms with Gasteiger partial charge in [-0.05, 0) is 49.2 Å². The second-order valence-corrected chi connectivity index (χ2v) is 7.12. The summed E-state index contributed by atoms with van der Waals surface area (Å²) < 4.78 is 18.8. The largest absolute Gasteiger partial charge is 0.491 e. The molecule has 0 aliphatic carbocycles. The van der Waals surface area contributed by atoms with Gasteiger partial charge in [0.1, 0.15) is 24.3 Å².